The average Bonchev–Trinajstić information content (AvgIpc) is 2.89. The molecule has 24 heavy (non-hydrogen) atoms. The van der Waals surface area contributed by atoms with E-state index in [1.165, 1.54) is 35.0 Å². The van der Waals surface area contributed by atoms with Crippen LogP contribution in [0.2, 0.25) is 0 Å². The van der Waals surface area contributed by atoms with Crippen molar-refractivity contribution >= 4 is 0 Å². The Balaban J connectivity index is 2.23. The second-order valence-corrected chi connectivity index (χ2v) is 5.38. The standard InChI is InChI=1S/C17H18FN3O3/c1-3-14-16-13(10-15(22)20(14)8-9-24-2)19-21(17(16)23)12-6-4-11(18)5-7-12/h4-7,10,22H,3,8-9H2,1-2H3/p-1. The average molecular weight is 330 g/mol. The molecule has 0 saturated carbocycles. The van der Waals surface area contributed by atoms with Crippen LogP contribution >= 0.6 is 0 Å². The molecule has 0 fully saturated rings. The van der Waals surface area contributed by atoms with Crippen LogP contribution in [-0.2, 0) is 17.7 Å². The van der Waals surface area contributed by atoms with E-state index in [1.54, 1.807) is 11.7 Å². The summed E-state index contributed by atoms with van der Waals surface area (Å²) in [6.45, 7) is 2.63. The Morgan fingerprint density at radius 2 is 2.00 bits per heavy atom. The number of hydrogen-bond acceptors (Lipinski definition) is 4. The van der Waals surface area contributed by atoms with Gasteiger partial charge in [0.1, 0.15) is 5.82 Å². The van der Waals surface area contributed by atoms with Crippen molar-refractivity contribution in [2.45, 2.75) is 19.9 Å². The molecule has 0 unspecified atom stereocenters. The van der Waals surface area contributed by atoms with E-state index in [0.29, 0.717) is 42.2 Å². The second-order valence-electron chi connectivity index (χ2n) is 5.38. The van der Waals surface area contributed by atoms with Crippen LogP contribution in [-0.4, -0.2) is 28.1 Å². The number of methoxy groups -OCH3 is 1. The lowest BCUT2D eigenvalue weighted by molar-refractivity contribution is -0.280. The maximum absolute atomic E-state index is 13.1. The van der Waals surface area contributed by atoms with Crippen molar-refractivity contribution in [2.75, 3.05) is 13.7 Å². The third kappa shape index (κ3) is 2.67. The van der Waals surface area contributed by atoms with Crippen LogP contribution in [0.3, 0.4) is 0 Å². The highest BCUT2D eigenvalue weighted by atomic mass is 19.1. The molecular weight excluding hydrogens is 313 g/mol. The van der Waals surface area contributed by atoms with Crippen LogP contribution in [0.25, 0.3) is 16.9 Å². The van der Waals surface area contributed by atoms with Crippen molar-refractivity contribution in [1.82, 2.24) is 14.3 Å². The second kappa shape index (κ2) is 6.45. The fourth-order valence-electron chi connectivity index (χ4n) is 2.81. The highest BCUT2D eigenvalue weighted by Gasteiger charge is 2.21. The zero-order valence-corrected chi connectivity index (χ0v) is 13.5. The van der Waals surface area contributed by atoms with Gasteiger partial charge in [0.2, 0.25) is 0 Å². The quantitative estimate of drug-likeness (QED) is 0.712. The minimum atomic E-state index is -0.392. The largest absolute Gasteiger partial charge is 0.860 e. The number of aromatic nitrogens is 3. The van der Waals surface area contributed by atoms with Crippen LogP contribution in [0.1, 0.15) is 12.6 Å². The summed E-state index contributed by atoms with van der Waals surface area (Å²) in [7, 11) is 1.56. The van der Waals surface area contributed by atoms with E-state index in [2.05, 4.69) is 5.10 Å². The normalized spacial score (nSPS) is 11.3. The van der Waals surface area contributed by atoms with E-state index in [1.807, 2.05) is 6.92 Å². The van der Waals surface area contributed by atoms with Gasteiger partial charge in [-0.05, 0) is 42.6 Å². The van der Waals surface area contributed by atoms with E-state index >= 15 is 0 Å². The first kappa shape index (κ1) is 16.2. The molecule has 0 bridgehead atoms. The van der Waals surface area contributed by atoms with E-state index < -0.39 is 5.82 Å². The number of halogens is 1. The van der Waals surface area contributed by atoms with Crippen LogP contribution in [0.4, 0.5) is 4.39 Å². The van der Waals surface area contributed by atoms with E-state index in [9.17, 15) is 14.3 Å². The molecule has 2 aliphatic heterocycles. The van der Waals surface area contributed by atoms with E-state index in [4.69, 9.17) is 4.74 Å². The molecular formula is C17H17FN3O3-. The lowest BCUT2D eigenvalue weighted by Crippen LogP contribution is -2.20. The van der Waals surface area contributed by atoms with E-state index in [0.717, 1.165) is 0 Å². The monoisotopic (exact) mass is 330 g/mol. The van der Waals surface area contributed by atoms with Gasteiger partial charge >= 0.3 is 0 Å². The summed E-state index contributed by atoms with van der Waals surface area (Å²) in [6.07, 6.45) is 0.515. The molecule has 0 spiro atoms. The first-order valence-corrected chi connectivity index (χ1v) is 7.64. The lowest BCUT2D eigenvalue weighted by Gasteiger charge is -2.23. The maximum atomic E-state index is 13.1. The third-order valence-corrected chi connectivity index (χ3v) is 3.94. The third-order valence-electron chi connectivity index (χ3n) is 3.94. The highest BCUT2D eigenvalue weighted by molar-refractivity contribution is 5.65. The molecule has 6 nitrogen and oxygen atoms in total. The van der Waals surface area contributed by atoms with Gasteiger partial charge in [-0.2, -0.15) is 9.78 Å². The minimum Gasteiger partial charge on any atom is -0.860 e. The number of benzene rings is 1. The summed E-state index contributed by atoms with van der Waals surface area (Å²) in [5.41, 5.74) is 1.53. The Kier molecular flexibility index (Phi) is 4.35. The fourth-order valence-corrected chi connectivity index (χ4v) is 2.81. The molecule has 0 atom stereocenters. The zero-order chi connectivity index (χ0) is 17.3. The van der Waals surface area contributed by atoms with Gasteiger partial charge in [0.05, 0.1) is 23.6 Å². The molecule has 0 aromatic heterocycles. The summed E-state index contributed by atoms with van der Waals surface area (Å²) in [6, 6.07) is 6.83. The summed E-state index contributed by atoms with van der Waals surface area (Å²) in [5, 5.41) is 16.6. The summed E-state index contributed by atoms with van der Waals surface area (Å²) < 4.78 is 20.9. The Labute approximate surface area is 138 Å². The van der Waals surface area contributed by atoms with Gasteiger partial charge in [-0.1, -0.05) is 6.92 Å². The molecule has 7 heteroatoms. The number of ether oxygens (including phenoxy) is 1. The minimum absolute atomic E-state index is 0.222. The highest BCUT2D eigenvalue weighted by Crippen LogP contribution is 2.27. The number of nitrogens with zero attached hydrogens (tertiary/aromatic N) is 3. The molecule has 0 radical (unpaired) electrons. The van der Waals surface area contributed by atoms with Gasteiger partial charge in [0.25, 0.3) is 5.56 Å². The Bertz CT molecular complexity index is 883. The van der Waals surface area contributed by atoms with Crippen molar-refractivity contribution in [2.24, 2.45) is 0 Å². The van der Waals surface area contributed by atoms with Gasteiger partial charge in [-0.25, -0.2) is 4.39 Å². The van der Waals surface area contributed by atoms with Gasteiger partial charge in [0.15, 0.2) is 0 Å². The molecule has 3 rings (SSSR count). The SMILES string of the molecule is CCc1c2c(=O)n(-c3ccc(F)cc3)nc-2cc([O-])n1CCOC. The molecule has 1 aromatic rings. The molecule has 0 amide bonds. The van der Waals surface area contributed by atoms with Crippen molar-refractivity contribution in [1.29, 1.82) is 0 Å². The molecule has 2 aliphatic rings. The van der Waals surface area contributed by atoms with Crippen molar-refractivity contribution in [3.63, 3.8) is 0 Å². The molecule has 1 aromatic carbocycles. The molecule has 2 heterocycles. The Morgan fingerprint density at radius 1 is 1.29 bits per heavy atom. The Morgan fingerprint density at radius 3 is 2.62 bits per heavy atom. The Hall–Kier alpha value is -2.67. The van der Waals surface area contributed by atoms with Crippen molar-refractivity contribution in [3.05, 3.63) is 52.2 Å². The van der Waals surface area contributed by atoms with Gasteiger partial charge in [-0.15, -0.1) is 0 Å². The van der Waals surface area contributed by atoms with Gasteiger partial charge in [-0.3, -0.25) is 4.79 Å². The summed E-state index contributed by atoms with van der Waals surface area (Å²) >= 11 is 0. The summed E-state index contributed by atoms with van der Waals surface area (Å²) in [5.74, 6) is -0.614. The molecule has 126 valence electrons. The predicted octanol–water partition coefficient (Wildman–Crippen LogP) is 1.56. The lowest BCUT2D eigenvalue weighted by atomic mass is 10.1. The van der Waals surface area contributed by atoms with Crippen LogP contribution in [0, 0.1) is 5.82 Å². The molecule has 0 saturated heterocycles. The fraction of sp³-hybridized carbons (Fsp3) is 0.294. The maximum Gasteiger partial charge on any atom is 0.282 e. The summed E-state index contributed by atoms with van der Waals surface area (Å²) in [4.78, 5) is 12.8. The topological polar surface area (TPSA) is 72.1 Å². The molecule has 0 N–H and O–H groups in total. The van der Waals surface area contributed by atoms with E-state index in [-0.39, 0.29) is 11.4 Å². The van der Waals surface area contributed by atoms with Crippen LogP contribution in [0.15, 0.2) is 35.1 Å². The number of rotatable bonds is 5. The van der Waals surface area contributed by atoms with Crippen molar-refractivity contribution in [3.8, 4) is 22.8 Å². The van der Waals surface area contributed by atoms with Gasteiger partial charge < -0.3 is 14.4 Å². The first-order chi connectivity index (χ1) is 11.6. The van der Waals surface area contributed by atoms with Crippen molar-refractivity contribution < 1.29 is 14.2 Å². The van der Waals surface area contributed by atoms with Gasteiger partial charge in [0, 0.05) is 19.3 Å². The van der Waals surface area contributed by atoms with Crippen LogP contribution in [0.5, 0.6) is 5.88 Å². The molecule has 0 aliphatic carbocycles. The van der Waals surface area contributed by atoms with Crippen LogP contribution < -0.4 is 10.7 Å². The number of fused-ring (bicyclic) bond motifs is 1. The smallest absolute Gasteiger partial charge is 0.282 e. The number of pyridine rings is 1. The predicted molar refractivity (Wildman–Crippen MR) is 85.1 cm³/mol. The number of hydrogen-bond donors (Lipinski definition) is 0. The first-order valence-electron chi connectivity index (χ1n) is 7.64. The zero-order valence-electron chi connectivity index (χ0n) is 13.5.